The van der Waals surface area contributed by atoms with Crippen molar-refractivity contribution in [2.75, 3.05) is 18.5 Å². The van der Waals surface area contributed by atoms with Gasteiger partial charge in [-0.15, -0.1) is 0 Å². The number of nitrogens with one attached hydrogen (secondary N) is 1. The Morgan fingerprint density at radius 1 is 1.53 bits per heavy atom. The van der Waals surface area contributed by atoms with Gasteiger partial charge in [-0.05, 0) is 38.3 Å². The fourth-order valence-corrected chi connectivity index (χ4v) is 1.50. The molecule has 0 saturated carbocycles. The number of unbranched alkanes of at least 4 members (excludes halogenated alkanes) is 1. The number of aromatic nitrogens is 2. The van der Waals surface area contributed by atoms with E-state index in [1.807, 2.05) is 13.8 Å². The van der Waals surface area contributed by atoms with Crippen molar-refractivity contribution in [3.05, 3.63) is 21.6 Å². The Labute approximate surface area is 116 Å². The van der Waals surface area contributed by atoms with E-state index in [2.05, 4.69) is 15.3 Å². The highest BCUT2D eigenvalue weighted by Crippen LogP contribution is 2.21. The van der Waals surface area contributed by atoms with Gasteiger partial charge in [-0.1, -0.05) is 0 Å². The van der Waals surface area contributed by atoms with Gasteiger partial charge in [0.15, 0.2) is 0 Å². The van der Waals surface area contributed by atoms with Crippen molar-refractivity contribution in [3.8, 4) is 0 Å². The fraction of sp³-hybridized carbons (Fsp3) is 0.636. The van der Waals surface area contributed by atoms with Crippen molar-refractivity contribution in [3.63, 3.8) is 0 Å². The topological polar surface area (TPSA) is 90.2 Å². The van der Waals surface area contributed by atoms with E-state index in [0.717, 1.165) is 19.0 Å². The molecule has 0 atom stereocenters. The first kappa shape index (κ1) is 15.6. The second-order valence-electron chi connectivity index (χ2n) is 4.18. The molecule has 19 heavy (non-hydrogen) atoms. The van der Waals surface area contributed by atoms with Crippen LogP contribution in [0.5, 0.6) is 0 Å². The number of hydrogen-bond acceptors (Lipinski definition) is 6. The van der Waals surface area contributed by atoms with Crippen LogP contribution in [0, 0.1) is 10.1 Å². The standard InChI is InChI=1S/C11H17ClN4O3/c1-8(2)19-6-4-3-5-13-10-9(16(17)18)7-14-11(12)15-10/h7-8H,3-6H2,1-2H3,(H,13,14,15). The van der Waals surface area contributed by atoms with Crippen molar-refractivity contribution in [2.45, 2.75) is 32.8 Å². The molecule has 0 fully saturated rings. The van der Waals surface area contributed by atoms with E-state index in [4.69, 9.17) is 16.3 Å². The van der Waals surface area contributed by atoms with Crippen molar-refractivity contribution < 1.29 is 9.66 Å². The third-order valence-electron chi connectivity index (χ3n) is 2.25. The van der Waals surface area contributed by atoms with Crippen molar-refractivity contribution in [1.29, 1.82) is 0 Å². The highest BCUT2D eigenvalue weighted by molar-refractivity contribution is 6.28. The lowest BCUT2D eigenvalue weighted by atomic mass is 10.3. The molecule has 0 spiro atoms. The van der Waals surface area contributed by atoms with Gasteiger partial charge in [-0.2, -0.15) is 4.98 Å². The number of ether oxygens (including phenoxy) is 1. The molecule has 8 heteroatoms. The van der Waals surface area contributed by atoms with Crippen LogP contribution in [0.1, 0.15) is 26.7 Å². The molecular formula is C11H17ClN4O3. The molecule has 0 aliphatic carbocycles. The maximum atomic E-state index is 10.8. The second-order valence-corrected chi connectivity index (χ2v) is 4.52. The van der Waals surface area contributed by atoms with E-state index in [1.54, 1.807) is 0 Å². The Kier molecular flexibility index (Phi) is 6.44. The molecule has 1 N–H and O–H groups in total. The summed E-state index contributed by atoms with van der Waals surface area (Å²) in [6.45, 7) is 5.19. The average molecular weight is 289 g/mol. The van der Waals surface area contributed by atoms with Gasteiger partial charge in [-0.3, -0.25) is 10.1 Å². The number of hydrogen-bond donors (Lipinski definition) is 1. The quantitative estimate of drug-likeness (QED) is 0.342. The molecule has 7 nitrogen and oxygen atoms in total. The number of anilines is 1. The van der Waals surface area contributed by atoms with Crippen molar-refractivity contribution in [1.82, 2.24) is 9.97 Å². The van der Waals surface area contributed by atoms with Gasteiger partial charge in [0.25, 0.3) is 0 Å². The molecule has 1 aromatic rings. The summed E-state index contributed by atoms with van der Waals surface area (Å²) >= 11 is 5.61. The summed E-state index contributed by atoms with van der Waals surface area (Å²) < 4.78 is 5.39. The van der Waals surface area contributed by atoms with Crippen LogP contribution < -0.4 is 5.32 Å². The van der Waals surface area contributed by atoms with Crippen LogP contribution in [0.4, 0.5) is 11.5 Å². The molecule has 106 valence electrons. The smallest absolute Gasteiger partial charge is 0.329 e. The predicted octanol–water partition coefficient (Wildman–Crippen LogP) is 2.66. The van der Waals surface area contributed by atoms with E-state index in [-0.39, 0.29) is 22.9 Å². The van der Waals surface area contributed by atoms with Crippen LogP contribution in [0.25, 0.3) is 0 Å². The van der Waals surface area contributed by atoms with Crippen LogP contribution in [-0.4, -0.2) is 34.1 Å². The molecule has 1 heterocycles. The number of nitrogens with zero attached hydrogens (tertiary/aromatic N) is 3. The lowest BCUT2D eigenvalue weighted by Crippen LogP contribution is -2.09. The van der Waals surface area contributed by atoms with E-state index in [1.165, 1.54) is 0 Å². The first-order chi connectivity index (χ1) is 9.00. The zero-order valence-corrected chi connectivity index (χ0v) is 11.7. The third-order valence-corrected chi connectivity index (χ3v) is 2.43. The second kappa shape index (κ2) is 7.85. The minimum atomic E-state index is -0.541. The lowest BCUT2D eigenvalue weighted by Gasteiger charge is -2.08. The SMILES string of the molecule is CC(C)OCCCCNc1nc(Cl)ncc1[N+](=O)[O-]. The van der Waals surface area contributed by atoms with Crippen LogP contribution in [-0.2, 0) is 4.74 Å². The highest BCUT2D eigenvalue weighted by atomic mass is 35.5. The van der Waals surface area contributed by atoms with Crippen molar-refractivity contribution in [2.24, 2.45) is 0 Å². The van der Waals surface area contributed by atoms with Gasteiger partial charge in [-0.25, -0.2) is 4.98 Å². The van der Waals surface area contributed by atoms with Crippen LogP contribution in [0.2, 0.25) is 5.28 Å². The molecule has 0 saturated heterocycles. The van der Waals surface area contributed by atoms with Gasteiger partial charge in [0.2, 0.25) is 11.1 Å². The van der Waals surface area contributed by atoms with Gasteiger partial charge in [0.05, 0.1) is 11.0 Å². The monoisotopic (exact) mass is 288 g/mol. The van der Waals surface area contributed by atoms with Crippen LogP contribution in [0.3, 0.4) is 0 Å². The lowest BCUT2D eigenvalue weighted by molar-refractivity contribution is -0.384. The Morgan fingerprint density at radius 2 is 2.26 bits per heavy atom. The minimum absolute atomic E-state index is 0.0174. The largest absolute Gasteiger partial charge is 0.379 e. The predicted molar refractivity (Wildman–Crippen MR) is 72.5 cm³/mol. The van der Waals surface area contributed by atoms with E-state index in [0.29, 0.717) is 13.2 Å². The summed E-state index contributed by atoms with van der Waals surface area (Å²) in [5.74, 6) is 0.148. The van der Waals surface area contributed by atoms with Crippen LogP contribution in [0.15, 0.2) is 6.20 Å². The van der Waals surface area contributed by atoms with E-state index in [9.17, 15) is 10.1 Å². The molecule has 0 aromatic carbocycles. The molecule has 0 bridgehead atoms. The summed E-state index contributed by atoms with van der Waals surface area (Å²) in [7, 11) is 0. The molecule has 0 aliphatic rings. The minimum Gasteiger partial charge on any atom is -0.379 e. The van der Waals surface area contributed by atoms with Gasteiger partial charge >= 0.3 is 5.69 Å². The summed E-state index contributed by atoms with van der Waals surface area (Å²) in [4.78, 5) is 17.6. The molecule has 0 unspecified atom stereocenters. The average Bonchev–Trinajstić information content (AvgIpc) is 2.33. The summed E-state index contributed by atoms with van der Waals surface area (Å²) in [6.07, 6.45) is 3.01. The molecule has 0 amide bonds. The maximum Gasteiger partial charge on any atom is 0.329 e. The molecule has 0 aliphatic heterocycles. The molecule has 1 aromatic heterocycles. The summed E-state index contributed by atoms with van der Waals surface area (Å²) in [5, 5.41) is 13.6. The van der Waals surface area contributed by atoms with Gasteiger partial charge < -0.3 is 10.1 Å². The Bertz CT molecular complexity index is 428. The van der Waals surface area contributed by atoms with Crippen molar-refractivity contribution >= 4 is 23.1 Å². The molecular weight excluding hydrogens is 272 g/mol. The normalized spacial score (nSPS) is 10.7. The number of halogens is 1. The zero-order valence-electron chi connectivity index (χ0n) is 10.9. The molecule has 0 radical (unpaired) electrons. The number of rotatable bonds is 8. The summed E-state index contributed by atoms with van der Waals surface area (Å²) in [6, 6.07) is 0. The first-order valence-electron chi connectivity index (χ1n) is 6.03. The third kappa shape index (κ3) is 5.80. The van der Waals surface area contributed by atoms with E-state index >= 15 is 0 Å². The Morgan fingerprint density at radius 3 is 2.89 bits per heavy atom. The first-order valence-corrected chi connectivity index (χ1v) is 6.41. The maximum absolute atomic E-state index is 10.8. The fourth-order valence-electron chi connectivity index (χ4n) is 1.37. The highest BCUT2D eigenvalue weighted by Gasteiger charge is 2.16. The summed E-state index contributed by atoms with van der Waals surface area (Å²) in [5.41, 5.74) is -0.178. The van der Waals surface area contributed by atoms with Gasteiger partial charge in [0.1, 0.15) is 6.20 Å². The Hall–Kier alpha value is -1.47. The van der Waals surface area contributed by atoms with Crippen LogP contribution >= 0.6 is 11.6 Å². The zero-order chi connectivity index (χ0) is 14.3. The van der Waals surface area contributed by atoms with E-state index < -0.39 is 4.92 Å². The molecule has 1 rings (SSSR count). The Balaban J connectivity index is 2.40. The van der Waals surface area contributed by atoms with Gasteiger partial charge in [0, 0.05) is 13.2 Å². The number of nitro groups is 1.